The lowest BCUT2D eigenvalue weighted by atomic mass is 10.2. The molecule has 140 valence electrons. The number of carbonyl (C=O) groups excluding carboxylic acids is 1. The van der Waals surface area contributed by atoms with Gasteiger partial charge in [0.05, 0.1) is 14.2 Å². The quantitative estimate of drug-likeness (QED) is 0.710. The van der Waals surface area contributed by atoms with Gasteiger partial charge in [0.2, 0.25) is 0 Å². The maximum absolute atomic E-state index is 12.1. The predicted octanol–water partition coefficient (Wildman–Crippen LogP) is 1.63. The van der Waals surface area contributed by atoms with Crippen LogP contribution in [0.3, 0.4) is 0 Å². The summed E-state index contributed by atoms with van der Waals surface area (Å²) in [5, 5.41) is 2.88. The van der Waals surface area contributed by atoms with Gasteiger partial charge in [-0.05, 0) is 42.0 Å². The summed E-state index contributed by atoms with van der Waals surface area (Å²) < 4.78 is 33.7. The van der Waals surface area contributed by atoms with Crippen LogP contribution in [0.25, 0.3) is 0 Å². The maximum Gasteiger partial charge on any atom is 0.387 e. The van der Waals surface area contributed by atoms with Gasteiger partial charge in [-0.25, -0.2) is 0 Å². The molecule has 2 rings (SSSR count). The Morgan fingerprint density at radius 3 is 2.19 bits per heavy atom. The zero-order chi connectivity index (χ0) is 18.9. The summed E-state index contributed by atoms with van der Waals surface area (Å²) in [7, 11) is 3.51. The number of nitrogens with one attached hydrogen (secondary N) is 2. The highest BCUT2D eigenvalue weighted by Gasteiger charge is 2.11. The van der Waals surface area contributed by atoms with E-state index in [9.17, 15) is 13.6 Å². The molecule has 0 radical (unpaired) electrons. The highest BCUT2D eigenvalue weighted by molar-refractivity contribution is 5.76. The molecular formula is C19H23F2N2O3+. The fraction of sp³-hybridized carbons (Fsp3) is 0.316. The molecular weight excluding hydrogens is 342 g/mol. The molecule has 0 heterocycles. The van der Waals surface area contributed by atoms with Gasteiger partial charge in [0.1, 0.15) is 18.0 Å². The number of likely N-dealkylation sites (N-methyl/N-ethyl adjacent to an activating group) is 1. The van der Waals surface area contributed by atoms with Crippen LogP contribution in [0.15, 0.2) is 48.5 Å². The average Bonchev–Trinajstić information content (AvgIpc) is 2.61. The molecule has 0 aliphatic rings. The number of methoxy groups -OCH3 is 1. The number of quaternary nitrogens is 1. The molecule has 0 spiro atoms. The Balaban J connectivity index is 1.75. The van der Waals surface area contributed by atoms with E-state index in [2.05, 4.69) is 10.1 Å². The zero-order valence-electron chi connectivity index (χ0n) is 14.8. The second-order valence-electron chi connectivity index (χ2n) is 5.96. The smallest absolute Gasteiger partial charge is 0.387 e. The molecule has 1 unspecified atom stereocenters. The van der Waals surface area contributed by atoms with Crippen molar-refractivity contribution in [3.63, 3.8) is 0 Å². The van der Waals surface area contributed by atoms with Gasteiger partial charge in [-0.2, -0.15) is 8.78 Å². The van der Waals surface area contributed by atoms with Crippen LogP contribution in [-0.4, -0.2) is 33.2 Å². The standard InChI is InChI=1S/C19H22F2N2O3/c1-23(12-15-5-9-17(10-6-15)26-19(20)21)13-18(24)22-11-14-3-7-16(25-2)8-4-14/h3-10,19H,11-13H2,1-2H3,(H,22,24)/p+1. The SMILES string of the molecule is COc1ccc(CNC(=O)C[NH+](C)Cc2ccc(OC(F)F)cc2)cc1. The summed E-state index contributed by atoms with van der Waals surface area (Å²) in [5.74, 6) is 0.837. The van der Waals surface area contributed by atoms with Crippen molar-refractivity contribution in [2.45, 2.75) is 19.7 Å². The number of amides is 1. The number of carbonyl (C=O) groups is 1. The van der Waals surface area contributed by atoms with E-state index in [0.717, 1.165) is 21.8 Å². The van der Waals surface area contributed by atoms with Crippen molar-refractivity contribution in [3.8, 4) is 11.5 Å². The topological polar surface area (TPSA) is 52.0 Å². The van der Waals surface area contributed by atoms with Gasteiger partial charge in [-0.1, -0.05) is 12.1 Å². The highest BCUT2D eigenvalue weighted by atomic mass is 19.3. The van der Waals surface area contributed by atoms with E-state index in [-0.39, 0.29) is 11.7 Å². The summed E-state index contributed by atoms with van der Waals surface area (Å²) in [6, 6.07) is 13.9. The van der Waals surface area contributed by atoms with Crippen molar-refractivity contribution in [2.75, 3.05) is 20.7 Å². The normalized spacial score (nSPS) is 11.9. The van der Waals surface area contributed by atoms with E-state index >= 15 is 0 Å². The molecule has 0 bridgehead atoms. The minimum absolute atomic E-state index is 0.0593. The van der Waals surface area contributed by atoms with E-state index in [1.54, 1.807) is 19.2 Å². The van der Waals surface area contributed by atoms with Crippen LogP contribution in [-0.2, 0) is 17.9 Å². The number of ether oxygens (including phenoxy) is 2. The minimum Gasteiger partial charge on any atom is -0.497 e. The van der Waals surface area contributed by atoms with Gasteiger partial charge >= 0.3 is 6.61 Å². The van der Waals surface area contributed by atoms with E-state index < -0.39 is 6.61 Å². The molecule has 0 fully saturated rings. The molecule has 26 heavy (non-hydrogen) atoms. The lowest BCUT2D eigenvalue weighted by molar-refractivity contribution is -0.885. The number of alkyl halides is 2. The monoisotopic (exact) mass is 365 g/mol. The first-order valence-corrected chi connectivity index (χ1v) is 8.21. The van der Waals surface area contributed by atoms with Crippen LogP contribution in [0.5, 0.6) is 11.5 Å². The van der Waals surface area contributed by atoms with Crippen molar-refractivity contribution < 1.29 is 27.9 Å². The average molecular weight is 365 g/mol. The van der Waals surface area contributed by atoms with Crippen LogP contribution >= 0.6 is 0 Å². The van der Waals surface area contributed by atoms with Gasteiger partial charge in [-0.3, -0.25) is 4.79 Å². The fourth-order valence-electron chi connectivity index (χ4n) is 2.48. The van der Waals surface area contributed by atoms with Crippen molar-refractivity contribution in [2.24, 2.45) is 0 Å². The molecule has 2 aromatic carbocycles. The van der Waals surface area contributed by atoms with Crippen LogP contribution in [0.1, 0.15) is 11.1 Å². The minimum atomic E-state index is -2.83. The molecule has 0 saturated carbocycles. The summed E-state index contributed by atoms with van der Waals surface area (Å²) in [5.41, 5.74) is 1.93. The van der Waals surface area contributed by atoms with Crippen molar-refractivity contribution in [1.29, 1.82) is 0 Å². The van der Waals surface area contributed by atoms with E-state index in [1.807, 2.05) is 31.3 Å². The van der Waals surface area contributed by atoms with Gasteiger partial charge in [0, 0.05) is 12.1 Å². The first kappa shape index (κ1) is 19.7. The Kier molecular flexibility index (Phi) is 7.35. The van der Waals surface area contributed by atoms with Crippen molar-refractivity contribution in [3.05, 3.63) is 59.7 Å². The van der Waals surface area contributed by atoms with Gasteiger partial charge in [0.25, 0.3) is 5.91 Å². The largest absolute Gasteiger partial charge is 0.497 e. The number of rotatable bonds is 9. The second-order valence-corrected chi connectivity index (χ2v) is 5.96. The molecule has 0 aromatic heterocycles. The van der Waals surface area contributed by atoms with E-state index in [4.69, 9.17) is 4.74 Å². The van der Waals surface area contributed by atoms with Gasteiger partial charge in [-0.15, -0.1) is 0 Å². The first-order valence-electron chi connectivity index (χ1n) is 8.21. The Morgan fingerprint density at radius 2 is 1.62 bits per heavy atom. The Hall–Kier alpha value is -2.67. The zero-order valence-corrected chi connectivity index (χ0v) is 14.8. The molecule has 0 aliphatic carbocycles. The third-order valence-electron chi connectivity index (χ3n) is 3.77. The first-order chi connectivity index (χ1) is 12.5. The summed E-state index contributed by atoms with van der Waals surface area (Å²) in [6.45, 7) is -1.46. The molecule has 1 amide bonds. The Labute approximate surface area is 151 Å². The molecule has 1 atom stereocenters. The lowest BCUT2D eigenvalue weighted by Gasteiger charge is -2.14. The molecule has 2 N–H and O–H groups in total. The van der Waals surface area contributed by atoms with Crippen molar-refractivity contribution >= 4 is 5.91 Å². The van der Waals surface area contributed by atoms with Crippen LogP contribution in [0, 0.1) is 0 Å². The lowest BCUT2D eigenvalue weighted by Crippen LogP contribution is -3.08. The number of hydrogen-bond donors (Lipinski definition) is 2. The predicted molar refractivity (Wildman–Crippen MR) is 93.4 cm³/mol. The number of hydrogen-bond acceptors (Lipinski definition) is 3. The van der Waals surface area contributed by atoms with Crippen LogP contribution < -0.4 is 19.7 Å². The van der Waals surface area contributed by atoms with Gasteiger partial charge < -0.3 is 19.7 Å². The summed E-state index contributed by atoms with van der Waals surface area (Å²) in [4.78, 5) is 13.0. The fourth-order valence-corrected chi connectivity index (χ4v) is 2.48. The molecule has 0 aliphatic heterocycles. The van der Waals surface area contributed by atoms with E-state index in [1.165, 1.54) is 12.1 Å². The molecule has 7 heteroatoms. The van der Waals surface area contributed by atoms with Crippen LogP contribution in [0.4, 0.5) is 8.78 Å². The molecule has 2 aromatic rings. The van der Waals surface area contributed by atoms with Crippen molar-refractivity contribution in [1.82, 2.24) is 5.32 Å². The number of halogens is 2. The third-order valence-corrected chi connectivity index (χ3v) is 3.77. The second kappa shape index (κ2) is 9.72. The molecule has 0 saturated heterocycles. The molecule has 5 nitrogen and oxygen atoms in total. The Morgan fingerprint density at radius 1 is 1.04 bits per heavy atom. The Bertz CT molecular complexity index is 691. The summed E-state index contributed by atoms with van der Waals surface area (Å²) >= 11 is 0. The van der Waals surface area contributed by atoms with Gasteiger partial charge in [0.15, 0.2) is 6.54 Å². The third kappa shape index (κ3) is 6.68. The number of benzene rings is 2. The van der Waals surface area contributed by atoms with E-state index in [0.29, 0.717) is 19.6 Å². The highest BCUT2D eigenvalue weighted by Crippen LogP contribution is 2.14. The maximum atomic E-state index is 12.1. The summed E-state index contributed by atoms with van der Waals surface area (Å²) in [6.07, 6.45) is 0. The van der Waals surface area contributed by atoms with Crippen LogP contribution in [0.2, 0.25) is 0 Å².